The molecule has 0 aromatic rings. The van der Waals surface area contributed by atoms with E-state index in [1.165, 1.54) is 25.9 Å². The number of likely N-dealkylation sites (tertiary alicyclic amines) is 1. The van der Waals surface area contributed by atoms with Crippen LogP contribution in [0.25, 0.3) is 0 Å². The van der Waals surface area contributed by atoms with Gasteiger partial charge in [0.05, 0.1) is 5.37 Å². The Morgan fingerprint density at radius 3 is 2.62 bits per heavy atom. The van der Waals surface area contributed by atoms with Crippen LogP contribution in [0.5, 0.6) is 0 Å². The average molecular weight is 242 g/mol. The van der Waals surface area contributed by atoms with Crippen molar-refractivity contribution in [3.63, 3.8) is 0 Å². The number of rotatable bonds is 1. The van der Waals surface area contributed by atoms with E-state index >= 15 is 0 Å². The lowest BCUT2D eigenvalue weighted by Crippen LogP contribution is -2.44. The van der Waals surface area contributed by atoms with Crippen LogP contribution in [0.1, 0.15) is 33.1 Å². The Bertz CT molecular complexity index is 274. The van der Waals surface area contributed by atoms with Gasteiger partial charge in [-0.3, -0.25) is 4.79 Å². The van der Waals surface area contributed by atoms with E-state index in [4.69, 9.17) is 0 Å². The summed E-state index contributed by atoms with van der Waals surface area (Å²) < 4.78 is 0.358. The molecule has 1 unspecified atom stereocenters. The van der Waals surface area contributed by atoms with Gasteiger partial charge in [0.2, 0.25) is 5.91 Å². The smallest absolute Gasteiger partial charge is 0.223 e. The van der Waals surface area contributed by atoms with Gasteiger partial charge in [-0.05, 0) is 39.9 Å². The van der Waals surface area contributed by atoms with Crippen LogP contribution in [0, 0.1) is 0 Å². The highest BCUT2D eigenvalue weighted by Gasteiger charge is 2.45. The molecular formula is C12H22N2OS. The third-order valence-corrected chi connectivity index (χ3v) is 5.47. The summed E-state index contributed by atoms with van der Waals surface area (Å²) in [7, 11) is 2.19. The summed E-state index contributed by atoms with van der Waals surface area (Å²) in [5, 5.41) is 0.371. The van der Waals surface area contributed by atoms with E-state index in [0.717, 1.165) is 6.54 Å². The molecule has 0 saturated carbocycles. The van der Waals surface area contributed by atoms with E-state index < -0.39 is 0 Å². The summed E-state index contributed by atoms with van der Waals surface area (Å²) in [5.41, 5.74) is 0. The maximum Gasteiger partial charge on any atom is 0.223 e. The Morgan fingerprint density at radius 2 is 2.06 bits per heavy atom. The lowest BCUT2D eigenvalue weighted by Gasteiger charge is -2.36. The first kappa shape index (κ1) is 12.2. The predicted molar refractivity (Wildman–Crippen MR) is 68.5 cm³/mol. The predicted octanol–water partition coefficient (Wildman–Crippen LogP) is 1.78. The molecule has 1 spiro atoms. The van der Waals surface area contributed by atoms with Crippen LogP contribution < -0.4 is 0 Å². The minimum atomic E-state index is 0.316. The third kappa shape index (κ3) is 2.23. The van der Waals surface area contributed by atoms with Gasteiger partial charge in [-0.15, -0.1) is 11.8 Å². The zero-order valence-electron chi connectivity index (χ0n) is 10.5. The van der Waals surface area contributed by atoms with E-state index in [1.807, 2.05) is 18.7 Å². The fourth-order valence-corrected chi connectivity index (χ4v) is 4.37. The van der Waals surface area contributed by atoms with E-state index in [2.05, 4.69) is 23.8 Å². The Kier molecular flexibility index (Phi) is 3.50. The first-order valence-corrected chi connectivity index (χ1v) is 7.10. The summed E-state index contributed by atoms with van der Waals surface area (Å²) in [6.07, 6.45) is 3.10. The second-order valence-corrected chi connectivity index (χ2v) is 6.86. The Morgan fingerprint density at radius 1 is 1.44 bits per heavy atom. The van der Waals surface area contributed by atoms with Crippen molar-refractivity contribution in [2.24, 2.45) is 0 Å². The largest absolute Gasteiger partial charge is 0.330 e. The van der Waals surface area contributed by atoms with Gasteiger partial charge in [-0.25, -0.2) is 0 Å². The van der Waals surface area contributed by atoms with E-state index in [1.54, 1.807) is 0 Å². The van der Waals surface area contributed by atoms with Gasteiger partial charge in [-0.2, -0.15) is 0 Å². The van der Waals surface area contributed by atoms with Gasteiger partial charge in [-0.1, -0.05) is 6.92 Å². The molecule has 16 heavy (non-hydrogen) atoms. The number of thioether (sulfide) groups is 1. The summed E-state index contributed by atoms with van der Waals surface area (Å²) in [4.78, 5) is 16.3. The summed E-state index contributed by atoms with van der Waals surface area (Å²) in [6.45, 7) is 7.45. The number of piperidine rings is 1. The van der Waals surface area contributed by atoms with Gasteiger partial charge in [0.1, 0.15) is 0 Å². The lowest BCUT2D eigenvalue weighted by molar-refractivity contribution is -0.131. The molecule has 3 nitrogen and oxygen atoms in total. The highest BCUT2D eigenvalue weighted by molar-refractivity contribution is 8.01. The van der Waals surface area contributed by atoms with Crippen molar-refractivity contribution in [3.05, 3.63) is 0 Å². The third-order valence-electron chi connectivity index (χ3n) is 3.84. The molecule has 2 aliphatic heterocycles. The van der Waals surface area contributed by atoms with Crippen molar-refractivity contribution in [1.29, 1.82) is 0 Å². The Balaban J connectivity index is 2.02. The zero-order chi connectivity index (χ0) is 11.8. The van der Waals surface area contributed by atoms with Crippen LogP contribution >= 0.6 is 11.8 Å². The molecule has 0 radical (unpaired) electrons. The van der Waals surface area contributed by atoms with Gasteiger partial charge in [0.25, 0.3) is 0 Å². The standard InChI is InChI=1S/C12H22N2OS/c1-4-11(15)14-9-12(16-10(14)2)5-7-13(3)8-6-12/h10H,4-9H2,1-3H3. The van der Waals surface area contributed by atoms with Crippen LogP contribution in [-0.2, 0) is 4.79 Å². The Labute approximate surface area is 103 Å². The number of hydrogen-bond acceptors (Lipinski definition) is 3. The van der Waals surface area contributed by atoms with Crippen LogP contribution in [0.4, 0.5) is 0 Å². The first-order chi connectivity index (χ1) is 7.56. The SMILES string of the molecule is CCC(=O)N1CC2(CCN(C)CC2)SC1C. The second-order valence-electron chi connectivity index (χ2n) is 5.08. The molecule has 0 bridgehead atoms. The van der Waals surface area contributed by atoms with Crippen molar-refractivity contribution >= 4 is 17.7 Å². The molecule has 2 saturated heterocycles. The molecule has 2 aliphatic rings. The lowest BCUT2D eigenvalue weighted by atomic mass is 9.95. The molecular weight excluding hydrogens is 220 g/mol. The van der Waals surface area contributed by atoms with Crippen molar-refractivity contribution < 1.29 is 4.79 Å². The van der Waals surface area contributed by atoms with E-state index in [0.29, 0.717) is 22.4 Å². The minimum Gasteiger partial charge on any atom is -0.330 e. The molecule has 0 aromatic carbocycles. The molecule has 1 atom stereocenters. The topological polar surface area (TPSA) is 23.6 Å². The molecule has 2 rings (SSSR count). The average Bonchev–Trinajstić information content (AvgIpc) is 2.60. The maximum atomic E-state index is 11.8. The number of nitrogens with zero attached hydrogens (tertiary/aromatic N) is 2. The zero-order valence-corrected chi connectivity index (χ0v) is 11.3. The summed E-state index contributed by atoms with van der Waals surface area (Å²) in [6, 6.07) is 0. The van der Waals surface area contributed by atoms with Crippen molar-refractivity contribution in [2.75, 3.05) is 26.7 Å². The number of amides is 1. The fourth-order valence-electron chi connectivity index (χ4n) is 2.70. The van der Waals surface area contributed by atoms with Crippen LogP contribution in [0.15, 0.2) is 0 Å². The first-order valence-electron chi connectivity index (χ1n) is 6.22. The molecule has 2 heterocycles. The second kappa shape index (κ2) is 4.57. The molecule has 0 N–H and O–H groups in total. The molecule has 0 aliphatic carbocycles. The van der Waals surface area contributed by atoms with Gasteiger partial charge >= 0.3 is 0 Å². The van der Waals surface area contributed by atoms with Crippen LogP contribution in [0.3, 0.4) is 0 Å². The van der Waals surface area contributed by atoms with Crippen molar-refractivity contribution in [3.8, 4) is 0 Å². The van der Waals surface area contributed by atoms with Gasteiger partial charge < -0.3 is 9.80 Å². The maximum absolute atomic E-state index is 11.8. The number of carbonyl (C=O) groups excluding carboxylic acids is 1. The van der Waals surface area contributed by atoms with E-state index in [-0.39, 0.29) is 0 Å². The van der Waals surface area contributed by atoms with Gasteiger partial charge in [0.15, 0.2) is 0 Å². The number of hydrogen-bond donors (Lipinski definition) is 0. The molecule has 0 aromatic heterocycles. The highest BCUT2D eigenvalue weighted by atomic mass is 32.2. The monoisotopic (exact) mass is 242 g/mol. The number of carbonyl (C=O) groups is 1. The highest BCUT2D eigenvalue weighted by Crippen LogP contribution is 2.46. The van der Waals surface area contributed by atoms with Crippen molar-refractivity contribution in [2.45, 2.75) is 43.2 Å². The quantitative estimate of drug-likeness (QED) is 0.700. The van der Waals surface area contributed by atoms with Crippen LogP contribution in [-0.4, -0.2) is 52.5 Å². The summed E-state index contributed by atoms with van der Waals surface area (Å²) in [5.74, 6) is 0.316. The van der Waals surface area contributed by atoms with Crippen LogP contribution in [0.2, 0.25) is 0 Å². The normalized spacial score (nSPS) is 29.9. The molecule has 4 heteroatoms. The molecule has 2 fully saturated rings. The molecule has 1 amide bonds. The Hall–Kier alpha value is -0.220. The fraction of sp³-hybridized carbons (Fsp3) is 0.917. The van der Waals surface area contributed by atoms with E-state index in [9.17, 15) is 4.79 Å². The summed E-state index contributed by atoms with van der Waals surface area (Å²) >= 11 is 2.02. The van der Waals surface area contributed by atoms with Gasteiger partial charge in [0, 0.05) is 17.7 Å². The minimum absolute atomic E-state index is 0.316. The molecule has 92 valence electrons. The van der Waals surface area contributed by atoms with Crippen molar-refractivity contribution in [1.82, 2.24) is 9.80 Å².